The maximum atomic E-state index is 12.8. The Morgan fingerprint density at radius 1 is 1.15 bits per heavy atom. The molecule has 0 aromatic heterocycles. The van der Waals surface area contributed by atoms with E-state index in [0.29, 0.717) is 5.75 Å². The molecule has 0 unspecified atom stereocenters. The number of hydrogen-bond donors (Lipinski definition) is 1. The molecule has 0 radical (unpaired) electrons. The van der Waals surface area contributed by atoms with E-state index in [1.54, 1.807) is 6.07 Å². The van der Waals surface area contributed by atoms with E-state index >= 15 is 0 Å². The predicted octanol–water partition coefficient (Wildman–Crippen LogP) is 3.29. The zero-order chi connectivity index (χ0) is 14.8. The topological polar surface area (TPSA) is 55.4 Å². The first-order valence-electron chi connectivity index (χ1n) is 5.54. The summed E-state index contributed by atoms with van der Waals surface area (Å²) in [7, 11) is -2.33. The molecule has 0 aliphatic rings. The molecule has 0 fully saturated rings. The van der Waals surface area contributed by atoms with Crippen molar-refractivity contribution in [3.8, 4) is 5.75 Å². The number of ether oxygens (including phenoxy) is 1. The van der Waals surface area contributed by atoms with Gasteiger partial charge in [-0.3, -0.25) is 4.72 Å². The van der Waals surface area contributed by atoms with Gasteiger partial charge in [-0.15, -0.1) is 0 Å². The Labute approximate surface area is 121 Å². The van der Waals surface area contributed by atoms with Gasteiger partial charge < -0.3 is 4.74 Å². The van der Waals surface area contributed by atoms with E-state index < -0.39 is 15.8 Å². The normalized spacial score (nSPS) is 11.2. The number of methoxy groups -OCH3 is 1. The predicted molar refractivity (Wildman–Crippen MR) is 75.2 cm³/mol. The lowest BCUT2D eigenvalue weighted by atomic mass is 10.3. The van der Waals surface area contributed by atoms with Crippen LogP contribution in [0.4, 0.5) is 10.1 Å². The van der Waals surface area contributed by atoms with Gasteiger partial charge in [-0.1, -0.05) is 11.6 Å². The number of anilines is 1. The van der Waals surface area contributed by atoms with Crippen molar-refractivity contribution in [1.29, 1.82) is 0 Å². The van der Waals surface area contributed by atoms with Gasteiger partial charge in [0.15, 0.2) is 0 Å². The number of halogens is 2. The molecule has 0 saturated carbocycles. The fourth-order valence-electron chi connectivity index (χ4n) is 1.52. The summed E-state index contributed by atoms with van der Waals surface area (Å²) in [6.07, 6.45) is 0. The molecule has 0 aliphatic heterocycles. The SMILES string of the molecule is COc1ccc(NS(=O)(=O)c2ccc(F)cc2)c(Cl)c1. The summed E-state index contributed by atoms with van der Waals surface area (Å²) < 4.78 is 44.3. The van der Waals surface area contributed by atoms with Crippen LogP contribution in [-0.2, 0) is 10.0 Å². The molecule has 0 aliphatic carbocycles. The van der Waals surface area contributed by atoms with Crippen molar-refractivity contribution >= 4 is 27.3 Å². The molecule has 7 heteroatoms. The Kier molecular flexibility index (Phi) is 4.15. The molecule has 0 atom stereocenters. The molecule has 0 saturated heterocycles. The zero-order valence-electron chi connectivity index (χ0n) is 10.4. The van der Waals surface area contributed by atoms with Crippen LogP contribution in [0.2, 0.25) is 5.02 Å². The molecule has 0 heterocycles. The third-order valence-electron chi connectivity index (χ3n) is 2.54. The van der Waals surface area contributed by atoms with E-state index in [1.165, 1.54) is 31.4 Å². The molecule has 106 valence electrons. The Balaban J connectivity index is 2.31. The molecule has 2 rings (SSSR count). The second-order valence-corrected chi connectivity index (χ2v) is 5.99. The lowest BCUT2D eigenvalue weighted by molar-refractivity contribution is 0.415. The minimum absolute atomic E-state index is 0.0502. The molecular formula is C13H11ClFNO3S. The monoisotopic (exact) mass is 315 g/mol. The lowest BCUT2D eigenvalue weighted by Crippen LogP contribution is -2.13. The third-order valence-corrected chi connectivity index (χ3v) is 4.24. The van der Waals surface area contributed by atoms with Crippen LogP contribution in [0.15, 0.2) is 47.4 Å². The molecule has 2 aromatic carbocycles. The Morgan fingerprint density at radius 2 is 1.80 bits per heavy atom. The van der Waals surface area contributed by atoms with Crippen LogP contribution < -0.4 is 9.46 Å². The van der Waals surface area contributed by atoms with E-state index in [2.05, 4.69) is 4.72 Å². The van der Waals surface area contributed by atoms with Crippen molar-refractivity contribution < 1.29 is 17.5 Å². The van der Waals surface area contributed by atoms with Gasteiger partial charge in [0.2, 0.25) is 0 Å². The molecule has 0 amide bonds. The number of nitrogens with one attached hydrogen (secondary N) is 1. The summed E-state index contributed by atoms with van der Waals surface area (Å²) >= 11 is 5.96. The smallest absolute Gasteiger partial charge is 0.261 e. The molecular weight excluding hydrogens is 305 g/mol. The van der Waals surface area contributed by atoms with Gasteiger partial charge in [-0.25, -0.2) is 12.8 Å². The first-order chi connectivity index (χ1) is 9.42. The van der Waals surface area contributed by atoms with Crippen molar-refractivity contribution in [2.45, 2.75) is 4.90 Å². The van der Waals surface area contributed by atoms with Crippen LogP contribution >= 0.6 is 11.6 Å². The highest BCUT2D eigenvalue weighted by Gasteiger charge is 2.16. The van der Waals surface area contributed by atoms with Crippen LogP contribution in [0, 0.1) is 5.82 Å². The minimum atomic E-state index is -3.81. The van der Waals surface area contributed by atoms with Gasteiger partial charge in [0.1, 0.15) is 11.6 Å². The Hall–Kier alpha value is -1.79. The minimum Gasteiger partial charge on any atom is -0.497 e. The maximum Gasteiger partial charge on any atom is 0.261 e. The van der Waals surface area contributed by atoms with Crippen LogP contribution in [0.3, 0.4) is 0 Å². The zero-order valence-corrected chi connectivity index (χ0v) is 12.0. The molecule has 4 nitrogen and oxygen atoms in total. The van der Waals surface area contributed by atoms with Crippen molar-refractivity contribution in [2.75, 3.05) is 11.8 Å². The summed E-state index contributed by atoms with van der Waals surface area (Å²) in [5.41, 5.74) is 0.219. The van der Waals surface area contributed by atoms with Crippen LogP contribution in [-0.4, -0.2) is 15.5 Å². The molecule has 1 N–H and O–H groups in total. The van der Waals surface area contributed by atoms with Crippen LogP contribution in [0.25, 0.3) is 0 Å². The van der Waals surface area contributed by atoms with Crippen molar-refractivity contribution in [2.24, 2.45) is 0 Å². The fraction of sp³-hybridized carbons (Fsp3) is 0.0769. The first-order valence-corrected chi connectivity index (χ1v) is 7.40. The van der Waals surface area contributed by atoms with E-state index in [4.69, 9.17) is 16.3 Å². The molecule has 20 heavy (non-hydrogen) atoms. The number of sulfonamides is 1. The van der Waals surface area contributed by atoms with Gasteiger partial charge in [0.25, 0.3) is 10.0 Å². The van der Waals surface area contributed by atoms with Crippen molar-refractivity contribution in [3.63, 3.8) is 0 Å². The van der Waals surface area contributed by atoms with Gasteiger partial charge in [0, 0.05) is 6.07 Å². The first kappa shape index (κ1) is 14.6. The summed E-state index contributed by atoms with van der Waals surface area (Å²) in [5, 5.41) is 0.204. The fourth-order valence-corrected chi connectivity index (χ4v) is 2.88. The standard InChI is InChI=1S/C13H11ClFNO3S/c1-19-10-4-7-13(12(14)8-10)16-20(17,18)11-5-2-9(15)3-6-11/h2-8,16H,1H3. The van der Waals surface area contributed by atoms with Crippen molar-refractivity contribution in [3.05, 3.63) is 53.3 Å². The van der Waals surface area contributed by atoms with Gasteiger partial charge in [-0.2, -0.15) is 0 Å². The van der Waals surface area contributed by atoms with E-state index in [0.717, 1.165) is 12.1 Å². The molecule has 2 aromatic rings. The highest BCUT2D eigenvalue weighted by atomic mass is 35.5. The summed E-state index contributed by atoms with van der Waals surface area (Å²) in [6, 6.07) is 9.05. The summed E-state index contributed by atoms with van der Waals surface area (Å²) in [6.45, 7) is 0. The van der Waals surface area contributed by atoms with Gasteiger partial charge in [-0.05, 0) is 36.4 Å². The second-order valence-electron chi connectivity index (χ2n) is 3.91. The van der Waals surface area contributed by atoms with E-state index in [1.807, 2.05) is 0 Å². The van der Waals surface area contributed by atoms with Crippen LogP contribution in [0.1, 0.15) is 0 Å². The number of hydrogen-bond acceptors (Lipinski definition) is 3. The molecule has 0 spiro atoms. The Morgan fingerprint density at radius 3 is 2.35 bits per heavy atom. The van der Waals surface area contributed by atoms with Gasteiger partial charge >= 0.3 is 0 Å². The number of rotatable bonds is 4. The van der Waals surface area contributed by atoms with Crippen molar-refractivity contribution in [1.82, 2.24) is 0 Å². The van der Waals surface area contributed by atoms with E-state index in [-0.39, 0.29) is 15.6 Å². The second kappa shape index (κ2) is 5.68. The van der Waals surface area contributed by atoms with E-state index in [9.17, 15) is 12.8 Å². The highest BCUT2D eigenvalue weighted by Crippen LogP contribution is 2.28. The molecule has 0 bridgehead atoms. The lowest BCUT2D eigenvalue weighted by Gasteiger charge is -2.10. The Bertz CT molecular complexity index is 717. The highest BCUT2D eigenvalue weighted by molar-refractivity contribution is 7.92. The average molecular weight is 316 g/mol. The summed E-state index contributed by atoms with van der Waals surface area (Å²) in [4.78, 5) is -0.0502. The largest absolute Gasteiger partial charge is 0.497 e. The average Bonchev–Trinajstić information content (AvgIpc) is 2.41. The van der Waals surface area contributed by atoms with Crippen LogP contribution in [0.5, 0.6) is 5.75 Å². The third kappa shape index (κ3) is 3.20. The maximum absolute atomic E-state index is 12.8. The number of benzene rings is 2. The van der Waals surface area contributed by atoms with Gasteiger partial charge in [0.05, 0.1) is 22.7 Å². The summed E-state index contributed by atoms with van der Waals surface area (Å²) in [5.74, 6) is 0.00570. The quantitative estimate of drug-likeness (QED) is 0.942.